The van der Waals surface area contributed by atoms with Crippen molar-refractivity contribution < 1.29 is 5.11 Å². The molecule has 14 heavy (non-hydrogen) atoms. The Bertz CT molecular complexity index is 361. The van der Waals surface area contributed by atoms with Crippen molar-refractivity contribution in [2.45, 2.75) is 24.8 Å². The molecule has 1 aliphatic carbocycles. The Morgan fingerprint density at radius 1 is 1.71 bits per heavy atom. The number of nitrogens with two attached hydrogens (primary N) is 1. The van der Waals surface area contributed by atoms with Crippen molar-refractivity contribution in [3.05, 3.63) is 21.9 Å². The fourth-order valence-corrected chi connectivity index (χ4v) is 2.71. The first-order valence-corrected chi connectivity index (χ1v) is 5.62. The van der Waals surface area contributed by atoms with Gasteiger partial charge in [-0.1, -0.05) is 0 Å². The normalized spacial score (nSPS) is 26.3. The summed E-state index contributed by atoms with van der Waals surface area (Å²) in [6.07, 6.45) is 4.99. The minimum absolute atomic E-state index is 0.0243. The van der Waals surface area contributed by atoms with Crippen molar-refractivity contribution in [3.63, 3.8) is 0 Å². The van der Waals surface area contributed by atoms with Gasteiger partial charge in [0.1, 0.15) is 0 Å². The Morgan fingerprint density at radius 3 is 3.07 bits per heavy atom. The van der Waals surface area contributed by atoms with Crippen molar-refractivity contribution in [2.75, 3.05) is 6.61 Å². The van der Waals surface area contributed by atoms with Crippen molar-refractivity contribution in [3.8, 4) is 0 Å². The molecule has 78 valence electrons. The standard InChI is InChI=1S/C10H15BrN2O/c1-13-5-8-7(9(13)11)3-2-4-10(8,12)6-14/h5,14H,2-4,6,12H2,1H3. The first-order chi connectivity index (χ1) is 6.58. The topological polar surface area (TPSA) is 51.2 Å². The Balaban J connectivity index is 2.55. The molecule has 0 saturated heterocycles. The maximum Gasteiger partial charge on any atom is 0.0879 e. The summed E-state index contributed by atoms with van der Waals surface area (Å²) in [6, 6.07) is 0. The second-order valence-electron chi connectivity index (χ2n) is 4.09. The van der Waals surface area contributed by atoms with Crippen LogP contribution in [0.5, 0.6) is 0 Å². The monoisotopic (exact) mass is 258 g/mol. The Morgan fingerprint density at radius 2 is 2.43 bits per heavy atom. The van der Waals surface area contributed by atoms with E-state index in [2.05, 4.69) is 15.9 Å². The van der Waals surface area contributed by atoms with E-state index < -0.39 is 5.54 Å². The quantitative estimate of drug-likeness (QED) is 0.798. The van der Waals surface area contributed by atoms with E-state index in [-0.39, 0.29) is 6.61 Å². The average Bonchev–Trinajstić information content (AvgIpc) is 2.47. The van der Waals surface area contributed by atoms with Crippen molar-refractivity contribution in [1.82, 2.24) is 4.57 Å². The van der Waals surface area contributed by atoms with Crippen LogP contribution in [0.15, 0.2) is 10.8 Å². The van der Waals surface area contributed by atoms with Crippen LogP contribution < -0.4 is 5.73 Å². The highest BCUT2D eigenvalue weighted by molar-refractivity contribution is 9.10. The number of aliphatic hydroxyl groups excluding tert-OH is 1. The van der Waals surface area contributed by atoms with Crippen LogP contribution in [0.25, 0.3) is 0 Å². The third-order valence-electron chi connectivity index (χ3n) is 3.07. The predicted molar refractivity (Wildman–Crippen MR) is 59.0 cm³/mol. The first kappa shape index (κ1) is 10.2. The summed E-state index contributed by atoms with van der Waals surface area (Å²) in [7, 11) is 1.99. The molecule has 0 radical (unpaired) electrons. The van der Waals surface area contributed by atoms with E-state index in [0.717, 1.165) is 29.4 Å². The number of rotatable bonds is 1. The summed E-state index contributed by atoms with van der Waals surface area (Å²) in [6.45, 7) is 0.0243. The lowest BCUT2D eigenvalue weighted by Gasteiger charge is -2.31. The summed E-state index contributed by atoms with van der Waals surface area (Å²) in [5.41, 5.74) is 7.99. The second kappa shape index (κ2) is 3.36. The smallest absolute Gasteiger partial charge is 0.0879 e. The summed E-state index contributed by atoms with van der Waals surface area (Å²) in [5, 5.41) is 9.35. The highest BCUT2D eigenvalue weighted by atomic mass is 79.9. The lowest BCUT2D eigenvalue weighted by Crippen LogP contribution is -2.42. The van der Waals surface area contributed by atoms with E-state index in [4.69, 9.17) is 5.73 Å². The van der Waals surface area contributed by atoms with Crippen LogP contribution in [0.4, 0.5) is 0 Å². The molecule has 1 heterocycles. The van der Waals surface area contributed by atoms with Gasteiger partial charge in [-0.2, -0.15) is 0 Å². The molecule has 1 atom stereocenters. The molecule has 0 aromatic carbocycles. The number of aromatic nitrogens is 1. The minimum atomic E-state index is -0.530. The molecule has 1 aliphatic rings. The van der Waals surface area contributed by atoms with Gasteiger partial charge in [0.2, 0.25) is 0 Å². The number of fused-ring (bicyclic) bond motifs is 1. The molecular formula is C10H15BrN2O. The third-order valence-corrected chi connectivity index (χ3v) is 4.11. The van der Waals surface area contributed by atoms with Gasteiger partial charge in [-0.05, 0) is 46.3 Å². The number of hydrogen-bond donors (Lipinski definition) is 2. The van der Waals surface area contributed by atoms with Gasteiger partial charge in [0.05, 0.1) is 16.7 Å². The van der Waals surface area contributed by atoms with Gasteiger partial charge >= 0.3 is 0 Å². The number of aryl methyl sites for hydroxylation is 1. The van der Waals surface area contributed by atoms with E-state index in [1.807, 2.05) is 17.8 Å². The zero-order valence-corrected chi connectivity index (χ0v) is 9.84. The molecule has 1 aromatic heterocycles. The molecule has 0 amide bonds. The number of halogens is 1. The Kier molecular flexibility index (Phi) is 2.45. The van der Waals surface area contributed by atoms with Crippen molar-refractivity contribution >= 4 is 15.9 Å². The number of nitrogens with zero attached hydrogens (tertiary/aromatic N) is 1. The molecule has 3 nitrogen and oxygen atoms in total. The summed E-state index contributed by atoms with van der Waals surface area (Å²) in [4.78, 5) is 0. The lowest BCUT2D eigenvalue weighted by molar-refractivity contribution is 0.179. The van der Waals surface area contributed by atoms with E-state index in [1.165, 1.54) is 5.56 Å². The molecule has 3 N–H and O–H groups in total. The van der Waals surface area contributed by atoms with E-state index in [0.29, 0.717) is 0 Å². The highest BCUT2D eigenvalue weighted by Gasteiger charge is 2.34. The van der Waals surface area contributed by atoms with Crippen LogP contribution >= 0.6 is 15.9 Å². The summed E-state index contributed by atoms with van der Waals surface area (Å²) >= 11 is 3.54. The van der Waals surface area contributed by atoms with E-state index in [9.17, 15) is 5.11 Å². The van der Waals surface area contributed by atoms with E-state index in [1.54, 1.807) is 0 Å². The SMILES string of the molecule is Cn1cc2c(c1Br)CCCC2(N)CO. The maximum atomic E-state index is 9.35. The molecule has 2 rings (SSSR count). The van der Waals surface area contributed by atoms with Gasteiger partial charge in [0.15, 0.2) is 0 Å². The van der Waals surface area contributed by atoms with Gasteiger partial charge < -0.3 is 15.4 Å². The fraction of sp³-hybridized carbons (Fsp3) is 0.600. The maximum absolute atomic E-state index is 9.35. The fourth-order valence-electron chi connectivity index (χ4n) is 2.20. The summed E-state index contributed by atoms with van der Waals surface area (Å²) in [5.74, 6) is 0. The largest absolute Gasteiger partial charge is 0.394 e. The van der Waals surface area contributed by atoms with Crippen LogP contribution in [-0.2, 0) is 19.0 Å². The average molecular weight is 259 g/mol. The molecular weight excluding hydrogens is 244 g/mol. The molecule has 0 spiro atoms. The molecule has 1 aromatic rings. The Hall–Kier alpha value is -0.320. The highest BCUT2D eigenvalue weighted by Crippen LogP contribution is 2.37. The second-order valence-corrected chi connectivity index (χ2v) is 4.84. The number of hydrogen-bond acceptors (Lipinski definition) is 2. The van der Waals surface area contributed by atoms with Crippen LogP contribution in [0.1, 0.15) is 24.0 Å². The third kappa shape index (κ3) is 1.33. The zero-order chi connectivity index (χ0) is 10.3. The molecule has 0 bridgehead atoms. The van der Waals surface area contributed by atoms with Crippen LogP contribution in [-0.4, -0.2) is 16.3 Å². The van der Waals surface area contributed by atoms with Gasteiger partial charge in [-0.25, -0.2) is 0 Å². The van der Waals surface area contributed by atoms with Gasteiger partial charge in [0.25, 0.3) is 0 Å². The molecule has 0 aliphatic heterocycles. The molecule has 4 heteroatoms. The van der Waals surface area contributed by atoms with Crippen molar-refractivity contribution in [1.29, 1.82) is 0 Å². The van der Waals surface area contributed by atoms with Crippen LogP contribution in [0.3, 0.4) is 0 Å². The predicted octanol–water partition coefficient (Wildman–Crippen LogP) is 1.27. The van der Waals surface area contributed by atoms with Gasteiger partial charge in [0, 0.05) is 13.2 Å². The summed E-state index contributed by atoms with van der Waals surface area (Å²) < 4.78 is 3.11. The Labute approximate surface area is 92.0 Å². The lowest BCUT2D eigenvalue weighted by atomic mass is 9.80. The van der Waals surface area contributed by atoms with Crippen LogP contribution in [0, 0.1) is 0 Å². The first-order valence-electron chi connectivity index (χ1n) is 4.82. The van der Waals surface area contributed by atoms with Gasteiger partial charge in [-0.15, -0.1) is 0 Å². The van der Waals surface area contributed by atoms with Crippen LogP contribution in [0.2, 0.25) is 0 Å². The van der Waals surface area contributed by atoms with Crippen molar-refractivity contribution in [2.24, 2.45) is 12.8 Å². The molecule has 1 unspecified atom stereocenters. The zero-order valence-electron chi connectivity index (χ0n) is 8.26. The van der Waals surface area contributed by atoms with Gasteiger partial charge in [-0.3, -0.25) is 0 Å². The molecule has 0 fully saturated rings. The number of aliphatic hydroxyl groups is 1. The van der Waals surface area contributed by atoms with E-state index >= 15 is 0 Å². The molecule has 0 saturated carbocycles. The minimum Gasteiger partial charge on any atom is -0.394 e.